The van der Waals surface area contributed by atoms with Gasteiger partial charge in [0.1, 0.15) is 11.3 Å². The highest BCUT2D eigenvalue weighted by Gasteiger charge is 2.20. The van der Waals surface area contributed by atoms with E-state index in [1.165, 1.54) is 0 Å². The maximum absolute atomic E-state index is 11.1. The first kappa shape index (κ1) is 13.9. The third-order valence-electron chi connectivity index (χ3n) is 4.03. The molecule has 0 unspecified atom stereocenters. The highest BCUT2D eigenvalue weighted by Crippen LogP contribution is 2.26. The Morgan fingerprint density at radius 2 is 2.19 bits per heavy atom. The van der Waals surface area contributed by atoms with E-state index in [4.69, 9.17) is 4.42 Å². The predicted molar refractivity (Wildman–Crippen MR) is 80.0 cm³/mol. The molecule has 1 aromatic carbocycles. The summed E-state index contributed by atoms with van der Waals surface area (Å²) in [4.78, 5) is 13.4. The van der Waals surface area contributed by atoms with Crippen LogP contribution in [-0.2, 0) is 11.3 Å². The van der Waals surface area contributed by atoms with Gasteiger partial charge in [0, 0.05) is 49.6 Å². The number of nitrogens with one attached hydrogen (secondary N) is 1. The van der Waals surface area contributed by atoms with Crippen LogP contribution in [0, 0.1) is 0 Å². The lowest BCUT2D eigenvalue weighted by Crippen LogP contribution is -2.43. The van der Waals surface area contributed by atoms with Crippen molar-refractivity contribution in [3.8, 4) is 5.75 Å². The second kappa shape index (κ2) is 5.77. The molecule has 3 rings (SSSR count). The van der Waals surface area contributed by atoms with Crippen molar-refractivity contribution >= 4 is 16.9 Å². The number of nitrogens with zero attached hydrogens (tertiary/aromatic N) is 1. The summed E-state index contributed by atoms with van der Waals surface area (Å²) < 4.78 is 5.50. The Kier molecular flexibility index (Phi) is 3.84. The third-order valence-corrected chi connectivity index (χ3v) is 4.03. The zero-order valence-electron chi connectivity index (χ0n) is 12.1. The number of hydrogen-bond acceptors (Lipinski definition) is 4. The number of amides is 1. The Hall–Kier alpha value is -2.01. The van der Waals surface area contributed by atoms with Crippen LogP contribution >= 0.6 is 0 Å². The lowest BCUT2D eigenvalue weighted by molar-refractivity contribution is -0.119. The van der Waals surface area contributed by atoms with Crippen LogP contribution in [0.3, 0.4) is 0 Å². The van der Waals surface area contributed by atoms with Gasteiger partial charge in [-0.25, -0.2) is 0 Å². The monoisotopic (exact) mass is 288 g/mol. The third kappa shape index (κ3) is 3.19. The molecule has 1 amide bonds. The number of likely N-dealkylation sites (tertiary alicyclic amines) is 1. The van der Waals surface area contributed by atoms with Crippen molar-refractivity contribution in [2.24, 2.45) is 0 Å². The fourth-order valence-corrected chi connectivity index (χ4v) is 2.96. The van der Waals surface area contributed by atoms with E-state index in [0.717, 1.165) is 49.0 Å². The molecule has 2 N–H and O–H groups in total. The number of piperidine rings is 1. The van der Waals surface area contributed by atoms with Gasteiger partial charge in [0.15, 0.2) is 0 Å². The highest BCUT2D eigenvalue weighted by atomic mass is 16.3. The van der Waals surface area contributed by atoms with Crippen molar-refractivity contribution in [2.45, 2.75) is 32.4 Å². The van der Waals surface area contributed by atoms with Crippen LogP contribution in [-0.4, -0.2) is 35.0 Å². The maximum atomic E-state index is 11.1. The lowest BCUT2D eigenvalue weighted by Gasteiger charge is -2.31. The molecule has 2 aromatic rings. The van der Waals surface area contributed by atoms with Gasteiger partial charge >= 0.3 is 0 Å². The van der Waals surface area contributed by atoms with Crippen molar-refractivity contribution in [1.29, 1.82) is 0 Å². The molecule has 1 aromatic heterocycles. The summed E-state index contributed by atoms with van der Waals surface area (Å²) in [6, 6.07) is 5.52. The SMILES string of the molecule is CC(=O)NC1CCN(Cc2coc3cc(O)ccc23)CC1. The van der Waals surface area contributed by atoms with Crippen LogP contribution in [0.25, 0.3) is 11.0 Å². The van der Waals surface area contributed by atoms with Gasteiger partial charge in [0.25, 0.3) is 0 Å². The number of fused-ring (bicyclic) bond motifs is 1. The average Bonchev–Trinajstić information content (AvgIpc) is 2.83. The summed E-state index contributed by atoms with van der Waals surface area (Å²) in [5, 5.41) is 13.5. The summed E-state index contributed by atoms with van der Waals surface area (Å²) in [5.74, 6) is 0.272. The van der Waals surface area contributed by atoms with Crippen molar-refractivity contribution < 1.29 is 14.3 Å². The Labute approximate surface area is 123 Å². The topological polar surface area (TPSA) is 65.7 Å². The Morgan fingerprint density at radius 1 is 1.43 bits per heavy atom. The molecule has 0 radical (unpaired) electrons. The fraction of sp³-hybridized carbons (Fsp3) is 0.438. The number of aromatic hydroxyl groups is 1. The summed E-state index contributed by atoms with van der Waals surface area (Å²) in [7, 11) is 0. The van der Waals surface area contributed by atoms with E-state index in [9.17, 15) is 9.90 Å². The number of hydrogen-bond donors (Lipinski definition) is 2. The van der Waals surface area contributed by atoms with E-state index in [-0.39, 0.29) is 11.7 Å². The summed E-state index contributed by atoms with van der Waals surface area (Å²) in [6.07, 6.45) is 3.73. The first-order valence-electron chi connectivity index (χ1n) is 7.30. The fourth-order valence-electron chi connectivity index (χ4n) is 2.96. The number of benzene rings is 1. The van der Waals surface area contributed by atoms with Crippen LogP contribution in [0.4, 0.5) is 0 Å². The summed E-state index contributed by atoms with van der Waals surface area (Å²) in [6.45, 7) is 4.34. The lowest BCUT2D eigenvalue weighted by atomic mass is 10.0. The average molecular weight is 288 g/mol. The molecule has 2 heterocycles. The molecule has 1 saturated heterocycles. The normalized spacial score (nSPS) is 17.2. The van der Waals surface area contributed by atoms with Crippen molar-refractivity contribution in [1.82, 2.24) is 10.2 Å². The molecular formula is C16H20N2O3. The van der Waals surface area contributed by atoms with Crippen molar-refractivity contribution in [2.75, 3.05) is 13.1 Å². The van der Waals surface area contributed by atoms with E-state index in [0.29, 0.717) is 6.04 Å². The van der Waals surface area contributed by atoms with E-state index in [1.807, 2.05) is 6.07 Å². The molecule has 21 heavy (non-hydrogen) atoms. The number of phenols is 1. The number of furan rings is 1. The number of phenolic OH excluding ortho intramolecular Hbond substituents is 1. The molecule has 112 valence electrons. The maximum Gasteiger partial charge on any atom is 0.217 e. The van der Waals surface area contributed by atoms with E-state index in [2.05, 4.69) is 10.2 Å². The predicted octanol–water partition coefficient (Wildman–Crippen LogP) is 2.24. The van der Waals surface area contributed by atoms with Gasteiger partial charge in [-0.3, -0.25) is 9.69 Å². The first-order chi connectivity index (χ1) is 10.1. The van der Waals surface area contributed by atoms with E-state index >= 15 is 0 Å². The molecule has 0 atom stereocenters. The molecule has 0 aliphatic carbocycles. The van der Waals surface area contributed by atoms with Gasteiger partial charge in [-0.2, -0.15) is 0 Å². The number of carbonyl (C=O) groups excluding carboxylic acids is 1. The summed E-state index contributed by atoms with van der Waals surface area (Å²) >= 11 is 0. The smallest absolute Gasteiger partial charge is 0.217 e. The molecule has 1 fully saturated rings. The standard InChI is InChI=1S/C16H20N2O3/c1-11(19)17-13-4-6-18(7-5-13)9-12-10-21-16-8-14(20)2-3-15(12)16/h2-3,8,10,13,20H,4-7,9H2,1H3,(H,17,19). The van der Waals surface area contributed by atoms with Crippen molar-refractivity contribution in [3.63, 3.8) is 0 Å². The molecule has 0 bridgehead atoms. The zero-order valence-corrected chi connectivity index (χ0v) is 12.1. The van der Waals surface area contributed by atoms with Crippen LogP contribution < -0.4 is 5.32 Å². The van der Waals surface area contributed by atoms with Gasteiger partial charge in [-0.1, -0.05) is 0 Å². The molecule has 0 saturated carbocycles. The molecule has 0 spiro atoms. The molecule has 5 heteroatoms. The van der Waals surface area contributed by atoms with Gasteiger partial charge in [0.2, 0.25) is 5.91 Å². The Balaban J connectivity index is 1.63. The van der Waals surface area contributed by atoms with Crippen molar-refractivity contribution in [3.05, 3.63) is 30.0 Å². The second-order valence-corrected chi connectivity index (χ2v) is 5.69. The van der Waals surface area contributed by atoms with Gasteiger partial charge in [-0.05, 0) is 25.0 Å². The molecule has 1 aliphatic heterocycles. The molecular weight excluding hydrogens is 268 g/mol. The van der Waals surface area contributed by atoms with Gasteiger partial charge in [0.05, 0.1) is 6.26 Å². The van der Waals surface area contributed by atoms with Crippen LogP contribution in [0.1, 0.15) is 25.3 Å². The van der Waals surface area contributed by atoms with E-state index in [1.54, 1.807) is 25.3 Å². The van der Waals surface area contributed by atoms with Crippen LogP contribution in [0.5, 0.6) is 5.75 Å². The minimum atomic E-state index is 0.0501. The molecule has 5 nitrogen and oxygen atoms in total. The number of carbonyl (C=O) groups is 1. The van der Waals surface area contributed by atoms with Crippen LogP contribution in [0.15, 0.2) is 28.9 Å². The van der Waals surface area contributed by atoms with Crippen LogP contribution in [0.2, 0.25) is 0 Å². The van der Waals surface area contributed by atoms with E-state index < -0.39 is 0 Å². The largest absolute Gasteiger partial charge is 0.508 e. The minimum absolute atomic E-state index is 0.0501. The molecule has 1 aliphatic rings. The Bertz CT molecular complexity index is 642. The van der Waals surface area contributed by atoms with Gasteiger partial charge < -0.3 is 14.8 Å². The Morgan fingerprint density at radius 3 is 2.90 bits per heavy atom. The second-order valence-electron chi connectivity index (χ2n) is 5.69. The highest BCUT2D eigenvalue weighted by molar-refractivity contribution is 5.82. The number of rotatable bonds is 3. The summed E-state index contributed by atoms with van der Waals surface area (Å²) in [5.41, 5.74) is 1.86. The minimum Gasteiger partial charge on any atom is -0.508 e. The first-order valence-corrected chi connectivity index (χ1v) is 7.30. The zero-order chi connectivity index (χ0) is 14.8. The quantitative estimate of drug-likeness (QED) is 0.909. The van der Waals surface area contributed by atoms with Gasteiger partial charge in [-0.15, -0.1) is 0 Å².